The fourth-order valence-electron chi connectivity index (χ4n) is 1.81. The number of carbonyl (C=O) groups excluding carboxylic acids is 1. The molecule has 0 spiro atoms. The Kier molecular flexibility index (Phi) is 4.53. The summed E-state index contributed by atoms with van der Waals surface area (Å²) in [6, 6.07) is 9.41. The van der Waals surface area contributed by atoms with Crippen LogP contribution in [0.1, 0.15) is 25.5 Å². The van der Waals surface area contributed by atoms with Gasteiger partial charge in [-0.3, -0.25) is 4.79 Å². The van der Waals surface area contributed by atoms with Crippen LogP contribution in [0.15, 0.2) is 36.5 Å². The number of hydrogen-bond donors (Lipinski definition) is 2. The molecule has 0 saturated heterocycles. The summed E-state index contributed by atoms with van der Waals surface area (Å²) >= 11 is 5.75. The lowest BCUT2D eigenvalue weighted by Crippen LogP contribution is -2.10. The molecule has 104 valence electrons. The van der Waals surface area contributed by atoms with Crippen LogP contribution in [-0.4, -0.2) is 15.9 Å². The van der Waals surface area contributed by atoms with E-state index in [4.69, 9.17) is 11.6 Å². The van der Waals surface area contributed by atoms with Crippen molar-refractivity contribution < 1.29 is 4.79 Å². The van der Waals surface area contributed by atoms with Crippen molar-refractivity contribution in [3.05, 3.63) is 47.4 Å². The van der Waals surface area contributed by atoms with Gasteiger partial charge in [0.2, 0.25) is 11.2 Å². The second kappa shape index (κ2) is 6.34. The Morgan fingerprint density at radius 2 is 2.15 bits per heavy atom. The highest BCUT2D eigenvalue weighted by molar-refractivity contribution is 6.28. The maximum Gasteiger partial charge on any atom is 0.224 e. The normalized spacial score (nSPS) is 11.8. The minimum Gasteiger partial charge on any atom is -0.363 e. The van der Waals surface area contributed by atoms with E-state index in [1.165, 1.54) is 6.92 Å². The number of amides is 1. The molecule has 6 heteroatoms. The van der Waals surface area contributed by atoms with Gasteiger partial charge in [0.1, 0.15) is 5.82 Å². The lowest BCUT2D eigenvalue weighted by atomic mass is 10.1. The fourth-order valence-corrected chi connectivity index (χ4v) is 1.96. The predicted molar refractivity (Wildman–Crippen MR) is 79.8 cm³/mol. The molecule has 20 heavy (non-hydrogen) atoms. The van der Waals surface area contributed by atoms with E-state index in [-0.39, 0.29) is 17.2 Å². The van der Waals surface area contributed by atoms with E-state index in [0.29, 0.717) is 5.82 Å². The van der Waals surface area contributed by atoms with Crippen molar-refractivity contribution >= 4 is 29.0 Å². The molecule has 1 aromatic heterocycles. The summed E-state index contributed by atoms with van der Waals surface area (Å²) in [4.78, 5) is 19.0. The molecule has 2 aromatic rings. The first-order valence-corrected chi connectivity index (χ1v) is 6.55. The molecule has 0 aliphatic rings. The van der Waals surface area contributed by atoms with Gasteiger partial charge in [0.15, 0.2) is 0 Å². The van der Waals surface area contributed by atoms with Gasteiger partial charge in [0.25, 0.3) is 0 Å². The number of carbonyl (C=O) groups is 1. The predicted octanol–water partition coefficient (Wildman–Crippen LogP) is 3.26. The second-order valence-corrected chi connectivity index (χ2v) is 4.72. The maximum atomic E-state index is 11.1. The van der Waals surface area contributed by atoms with Crippen molar-refractivity contribution in [1.29, 1.82) is 0 Å². The molecule has 1 unspecified atom stereocenters. The van der Waals surface area contributed by atoms with Crippen molar-refractivity contribution in [2.75, 3.05) is 10.6 Å². The van der Waals surface area contributed by atoms with E-state index in [1.54, 1.807) is 12.3 Å². The van der Waals surface area contributed by atoms with Crippen LogP contribution in [0.5, 0.6) is 0 Å². The number of benzene rings is 1. The summed E-state index contributed by atoms with van der Waals surface area (Å²) < 4.78 is 0. The molecule has 0 radical (unpaired) electrons. The van der Waals surface area contributed by atoms with E-state index >= 15 is 0 Å². The van der Waals surface area contributed by atoms with Crippen molar-refractivity contribution in [3.8, 4) is 0 Å². The molecule has 0 aliphatic carbocycles. The number of anilines is 2. The molecule has 0 saturated carbocycles. The van der Waals surface area contributed by atoms with Crippen LogP contribution in [-0.2, 0) is 4.79 Å². The number of rotatable bonds is 4. The van der Waals surface area contributed by atoms with E-state index in [1.807, 2.05) is 31.2 Å². The molecule has 2 rings (SSSR count). The Balaban J connectivity index is 2.12. The summed E-state index contributed by atoms with van der Waals surface area (Å²) in [5, 5.41) is 6.19. The lowest BCUT2D eigenvalue weighted by molar-refractivity contribution is -0.114. The Bertz CT molecular complexity index is 618. The maximum absolute atomic E-state index is 11.1. The van der Waals surface area contributed by atoms with E-state index < -0.39 is 0 Å². The van der Waals surface area contributed by atoms with Gasteiger partial charge in [-0.15, -0.1) is 0 Å². The molecule has 1 aromatic carbocycles. The molecule has 0 aliphatic heterocycles. The van der Waals surface area contributed by atoms with Crippen molar-refractivity contribution in [2.45, 2.75) is 19.9 Å². The zero-order chi connectivity index (χ0) is 14.5. The van der Waals surface area contributed by atoms with Crippen molar-refractivity contribution in [1.82, 2.24) is 9.97 Å². The SMILES string of the molecule is CC(=O)Nc1cccc(C(C)Nc2ccnc(Cl)n2)c1. The summed E-state index contributed by atoms with van der Waals surface area (Å²) in [5.74, 6) is 0.563. The standard InChI is InChI=1S/C14H15ClN4O/c1-9(17-13-6-7-16-14(15)19-13)11-4-3-5-12(8-11)18-10(2)20/h3-9H,1-2H3,(H,18,20)(H,16,17,19). The van der Waals surface area contributed by atoms with Crippen LogP contribution in [0.2, 0.25) is 5.28 Å². The number of aromatic nitrogens is 2. The van der Waals surface area contributed by atoms with E-state index in [9.17, 15) is 4.79 Å². The van der Waals surface area contributed by atoms with Gasteiger partial charge < -0.3 is 10.6 Å². The molecule has 0 fully saturated rings. The molecule has 1 amide bonds. The Morgan fingerprint density at radius 3 is 2.85 bits per heavy atom. The third kappa shape index (κ3) is 3.93. The highest BCUT2D eigenvalue weighted by Gasteiger charge is 2.07. The monoisotopic (exact) mass is 290 g/mol. The van der Waals surface area contributed by atoms with Crippen LogP contribution in [0, 0.1) is 0 Å². The first kappa shape index (κ1) is 14.3. The third-order valence-corrected chi connectivity index (χ3v) is 2.88. The molecule has 1 atom stereocenters. The minimum absolute atomic E-state index is 0.0228. The first-order valence-electron chi connectivity index (χ1n) is 6.17. The Hall–Kier alpha value is -2.14. The number of nitrogens with one attached hydrogen (secondary N) is 2. The summed E-state index contributed by atoms with van der Waals surface area (Å²) in [6.45, 7) is 3.49. The highest BCUT2D eigenvalue weighted by atomic mass is 35.5. The fraction of sp³-hybridized carbons (Fsp3) is 0.214. The van der Waals surface area contributed by atoms with Gasteiger partial charge >= 0.3 is 0 Å². The Labute approximate surface area is 122 Å². The van der Waals surface area contributed by atoms with E-state index in [2.05, 4.69) is 20.6 Å². The topological polar surface area (TPSA) is 66.9 Å². The average molecular weight is 291 g/mol. The number of hydrogen-bond acceptors (Lipinski definition) is 4. The van der Waals surface area contributed by atoms with Crippen molar-refractivity contribution in [3.63, 3.8) is 0 Å². The van der Waals surface area contributed by atoms with Gasteiger partial charge in [0, 0.05) is 18.8 Å². The van der Waals surface area contributed by atoms with Gasteiger partial charge in [-0.25, -0.2) is 9.97 Å². The van der Waals surface area contributed by atoms with Crippen LogP contribution in [0.25, 0.3) is 0 Å². The number of halogens is 1. The quantitative estimate of drug-likeness (QED) is 0.848. The average Bonchev–Trinajstić information content (AvgIpc) is 2.38. The largest absolute Gasteiger partial charge is 0.363 e. The van der Waals surface area contributed by atoms with Gasteiger partial charge in [-0.2, -0.15) is 0 Å². The smallest absolute Gasteiger partial charge is 0.224 e. The van der Waals surface area contributed by atoms with Crippen LogP contribution >= 0.6 is 11.6 Å². The highest BCUT2D eigenvalue weighted by Crippen LogP contribution is 2.21. The lowest BCUT2D eigenvalue weighted by Gasteiger charge is -2.16. The first-order chi connectivity index (χ1) is 9.54. The molecule has 0 bridgehead atoms. The molecule has 2 N–H and O–H groups in total. The molecular formula is C14H15ClN4O. The van der Waals surface area contributed by atoms with Crippen LogP contribution in [0.4, 0.5) is 11.5 Å². The van der Waals surface area contributed by atoms with Gasteiger partial charge in [0.05, 0.1) is 6.04 Å². The summed E-state index contributed by atoms with van der Waals surface area (Å²) in [5.41, 5.74) is 1.80. The van der Waals surface area contributed by atoms with Gasteiger partial charge in [-0.1, -0.05) is 12.1 Å². The zero-order valence-corrected chi connectivity index (χ0v) is 12.0. The summed E-state index contributed by atoms with van der Waals surface area (Å²) in [6.07, 6.45) is 1.60. The third-order valence-electron chi connectivity index (χ3n) is 2.70. The summed E-state index contributed by atoms with van der Waals surface area (Å²) in [7, 11) is 0. The van der Waals surface area contributed by atoms with Crippen LogP contribution < -0.4 is 10.6 Å². The second-order valence-electron chi connectivity index (χ2n) is 4.38. The Morgan fingerprint density at radius 1 is 1.35 bits per heavy atom. The molecular weight excluding hydrogens is 276 g/mol. The molecule has 5 nitrogen and oxygen atoms in total. The number of nitrogens with zero attached hydrogens (tertiary/aromatic N) is 2. The van der Waals surface area contributed by atoms with Crippen molar-refractivity contribution in [2.24, 2.45) is 0 Å². The van der Waals surface area contributed by atoms with Gasteiger partial charge in [-0.05, 0) is 42.3 Å². The zero-order valence-electron chi connectivity index (χ0n) is 11.2. The van der Waals surface area contributed by atoms with Crippen LogP contribution in [0.3, 0.4) is 0 Å². The van der Waals surface area contributed by atoms with E-state index in [0.717, 1.165) is 11.3 Å². The minimum atomic E-state index is -0.0923. The molecule has 1 heterocycles.